The molecule has 0 spiro atoms. The monoisotopic (exact) mass is 321 g/mol. The number of pyridine rings is 1. The SMILES string of the molecule is Fc1ccccc1COc1ccc(-c2nc(C(F)F)no2)cn1. The van der Waals surface area contributed by atoms with Gasteiger partial charge < -0.3 is 9.26 Å². The molecule has 0 aliphatic heterocycles. The van der Waals surface area contributed by atoms with Gasteiger partial charge in [-0.3, -0.25) is 0 Å². The topological polar surface area (TPSA) is 61.0 Å². The van der Waals surface area contributed by atoms with Crippen molar-refractivity contribution in [2.75, 3.05) is 0 Å². The third-order valence-corrected chi connectivity index (χ3v) is 2.95. The Kier molecular flexibility index (Phi) is 4.22. The van der Waals surface area contributed by atoms with Crippen LogP contribution < -0.4 is 4.74 Å². The Morgan fingerprint density at radius 3 is 2.61 bits per heavy atom. The summed E-state index contributed by atoms with van der Waals surface area (Å²) in [4.78, 5) is 7.55. The van der Waals surface area contributed by atoms with Crippen LogP contribution in [0, 0.1) is 5.82 Å². The molecular weight excluding hydrogens is 311 g/mol. The standard InChI is InChI=1S/C15H10F3N3O2/c16-11-4-2-1-3-10(11)8-22-12-6-5-9(7-19-12)15-20-14(13(17)18)21-23-15/h1-7,13H,8H2. The summed E-state index contributed by atoms with van der Waals surface area (Å²) in [6, 6.07) is 9.27. The molecule has 3 aromatic rings. The summed E-state index contributed by atoms with van der Waals surface area (Å²) >= 11 is 0. The van der Waals surface area contributed by atoms with Gasteiger partial charge in [0.05, 0.1) is 5.56 Å². The first-order chi connectivity index (χ1) is 11.1. The van der Waals surface area contributed by atoms with Gasteiger partial charge in [-0.1, -0.05) is 23.4 Å². The smallest absolute Gasteiger partial charge is 0.300 e. The van der Waals surface area contributed by atoms with Gasteiger partial charge in [-0.2, -0.15) is 4.98 Å². The van der Waals surface area contributed by atoms with Crippen LogP contribution in [-0.2, 0) is 6.61 Å². The van der Waals surface area contributed by atoms with E-state index in [4.69, 9.17) is 9.26 Å². The lowest BCUT2D eigenvalue weighted by molar-refractivity contribution is 0.136. The van der Waals surface area contributed by atoms with Crippen LogP contribution in [0.25, 0.3) is 11.5 Å². The Balaban J connectivity index is 1.68. The highest BCUT2D eigenvalue weighted by molar-refractivity contribution is 5.51. The molecule has 0 amide bonds. The highest BCUT2D eigenvalue weighted by Gasteiger charge is 2.17. The summed E-state index contributed by atoms with van der Waals surface area (Å²) < 4.78 is 48.4. The minimum Gasteiger partial charge on any atom is -0.473 e. The van der Waals surface area contributed by atoms with Crippen LogP contribution in [-0.4, -0.2) is 15.1 Å². The van der Waals surface area contributed by atoms with Crippen molar-refractivity contribution in [1.82, 2.24) is 15.1 Å². The fourth-order valence-corrected chi connectivity index (χ4v) is 1.80. The summed E-state index contributed by atoms with van der Waals surface area (Å²) in [5.74, 6) is -0.853. The maximum Gasteiger partial charge on any atom is 0.300 e. The molecule has 3 rings (SSSR count). The van der Waals surface area contributed by atoms with Gasteiger partial charge in [0.15, 0.2) is 0 Å². The fraction of sp³-hybridized carbons (Fsp3) is 0.133. The molecule has 0 atom stereocenters. The van der Waals surface area contributed by atoms with Gasteiger partial charge in [-0.05, 0) is 12.1 Å². The van der Waals surface area contributed by atoms with Gasteiger partial charge in [0.25, 0.3) is 5.89 Å². The van der Waals surface area contributed by atoms with E-state index in [1.54, 1.807) is 18.2 Å². The zero-order chi connectivity index (χ0) is 16.2. The molecule has 2 aromatic heterocycles. The number of ether oxygens (including phenoxy) is 1. The molecule has 0 saturated heterocycles. The van der Waals surface area contributed by atoms with Crippen molar-refractivity contribution in [3.8, 4) is 17.3 Å². The van der Waals surface area contributed by atoms with Crippen molar-refractivity contribution in [3.05, 3.63) is 59.8 Å². The molecule has 8 heteroatoms. The van der Waals surface area contributed by atoms with E-state index in [-0.39, 0.29) is 24.2 Å². The molecule has 23 heavy (non-hydrogen) atoms. The summed E-state index contributed by atoms with van der Waals surface area (Å²) in [5, 5.41) is 3.16. The van der Waals surface area contributed by atoms with Crippen LogP contribution in [0.1, 0.15) is 17.8 Å². The van der Waals surface area contributed by atoms with E-state index in [9.17, 15) is 13.2 Å². The Hall–Kier alpha value is -2.90. The predicted octanol–water partition coefficient (Wildman–Crippen LogP) is 3.79. The lowest BCUT2D eigenvalue weighted by Gasteiger charge is -2.06. The van der Waals surface area contributed by atoms with E-state index in [2.05, 4.69) is 15.1 Å². The van der Waals surface area contributed by atoms with Crippen LogP contribution >= 0.6 is 0 Å². The average Bonchev–Trinajstić information content (AvgIpc) is 3.05. The van der Waals surface area contributed by atoms with E-state index in [0.717, 1.165) is 0 Å². The van der Waals surface area contributed by atoms with Crippen molar-refractivity contribution in [2.24, 2.45) is 0 Å². The highest BCUT2D eigenvalue weighted by Crippen LogP contribution is 2.22. The number of alkyl halides is 2. The second-order valence-electron chi connectivity index (χ2n) is 4.52. The van der Waals surface area contributed by atoms with Crippen LogP contribution in [0.15, 0.2) is 47.1 Å². The van der Waals surface area contributed by atoms with Crippen molar-refractivity contribution in [3.63, 3.8) is 0 Å². The van der Waals surface area contributed by atoms with Crippen LogP contribution in [0.2, 0.25) is 0 Å². The number of aromatic nitrogens is 3. The third kappa shape index (κ3) is 3.47. The number of hydrogen-bond acceptors (Lipinski definition) is 5. The van der Waals surface area contributed by atoms with Crippen molar-refractivity contribution in [2.45, 2.75) is 13.0 Å². The zero-order valence-corrected chi connectivity index (χ0v) is 11.6. The molecule has 0 saturated carbocycles. The predicted molar refractivity (Wildman–Crippen MR) is 73.2 cm³/mol. The van der Waals surface area contributed by atoms with Gasteiger partial charge in [0, 0.05) is 17.8 Å². The minimum absolute atomic E-state index is 0.0229. The van der Waals surface area contributed by atoms with Gasteiger partial charge in [-0.25, -0.2) is 18.2 Å². The molecule has 0 aliphatic carbocycles. The molecule has 118 valence electrons. The van der Waals surface area contributed by atoms with E-state index in [1.165, 1.54) is 24.4 Å². The first-order valence-corrected chi connectivity index (χ1v) is 6.58. The maximum atomic E-state index is 13.5. The fourth-order valence-electron chi connectivity index (χ4n) is 1.80. The van der Waals surface area contributed by atoms with Gasteiger partial charge in [-0.15, -0.1) is 0 Å². The van der Waals surface area contributed by atoms with E-state index in [0.29, 0.717) is 11.1 Å². The van der Waals surface area contributed by atoms with E-state index >= 15 is 0 Å². The molecule has 5 nitrogen and oxygen atoms in total. The molecule has 0 unspecified atom stereocenters. The van der Waals surface area contributed by atoms with Crippen LogP contribution in [0.3, 0.4) is 0 Å². The molecule has 0 aliphatic rings. The van der Waals surface area contributed by atoms with Gasteiger partial charge in [0.2, 0.25) is 11.7 Å². The molecule has 0 N–H and O–H groups in total. The maximum absolute atomic E-state index is 13.5. The lowest BCUT2D eigenvalue weighted by Crippen LogP contribution is -1.99. The number of hydrogen-bond donors (Lipinski definition) is 0. The Labute approximate surface area is 128 Å². The average molecular weight is 321 g/mol. The molecule has 2 heterocycles. The molecule has 1 aromatic carbocycles. The zero-order valence-electron chi connectivity index (χ0n) is 11.6. The number of rotatable bonds is 5. The highest BCUT2D eigenvalue weighted by atomic mass is 19.3. The minimum atomic E-state index is -2.80. The first kappa shape index (κ1) is 15.0. The van der Waals surface area contributed by atoms with Gasteiger partial charge in [0.1, 0.15) is 12.4 Å². The first-order valence-electron chi connectivity index (χ1n) is 6.58. The molecule has 0 bridgehead atoms. The molecule has 0 fully saturated rings. The number of nitrogens with zero attached hydrogens (tertiary/aromatic N) is 3. The Bertz CT molecular complexity index is 791. The summed E-state index contributed by atoms with van der Waals surface area (Å²) in [7, 11) is 0. The van der Waals surface area contributed by atoms with Crippen LogP contribution in [0.4, 0.5) is 13.2 Å². The van der Waals surface area contributed by atoms with Crippen molar-refractivity contribution in [1.29, 1.82) is 0 Å². The summed E-state index contributed by atoms with van der Waals surface area (Å²) in [5.41, 5.74) is 0.777. The summed E-state index contributed by atoms with van der Waals surface area (Å²) in [6.45, 7) is 0.0229. The van der Waals surface area contributed by atoms with Crippen molar-refractivity contribution < 1.29 is 22.4 Å². The quantitative estimate of drug-likeness (QED) is 0.715. The van der Waals surface area contributed by atoms with Gasteiger partial charge >= 0.3 is 6.43 Å². The Morgan fingerprint density at radius 2 is 1.96 bits per heavy atom. The summed E-state index contributed by atoms with van der Waals surface area (Å²) in [6.07, 6.45) is -1.46. The second kappa shape index (κ2) is 6.47. The van der Waals surface area contributed by atoms with E-state index in [1.807, 2.05) is 0 Å². The second-order valence-corrected chi connectivity index (χ2v) is 4.52. The van der Waals surface area contributed by atoms with Crippen LogP contribution in [0.5, 0.6) is 5.88 Å². The normalized spacial score (nSPS) is 11.0. The number of benzene rings is 1. The third-order valence-electron chi connectivity index (χ3n) is 2.95. The number of halogens is 3. The lowest BCUT2D eigenvalue weighted by atomic mass is 10.2. The molecular formula is C15H10F3N3O2. The Morgan fingerprint density at radius 1 is 1.13 bits per heavy atom. The van der Waals surface area contributed by atoms with Crippen molar-refractivity contribution >= 4 is 0 Å². The van der Waals surface area contributed by atoms with E-state index < -0.39 is 12.2 Å². The largest absolute Gasteiger partial charge is 0.473 e. The molecule has 0 radical (unpaired) electrons.